The second-order valence-corrected chi connectivity index (χ2v) is 4.76. The van der Waals surface area contributed by atoms with Crippen molar-refractivity contribution in [3.8, 4) is 0 Å². The molecule has 1 heterocycles. The summed E-state index contributed by atoms with van der Waals surface area (Å²) in [6.07, 6.45) is -0.0962. The summed E-state index contributed by atoms with van der Waals surface area (Å²) < 4.78 is 0. The Kier molecular flexibility index (Phi) is 3.73. The lowest BCUT2D eigenvalue weighted by atomic mass is 9.94. The highest BCUT2D eigenvalue weighted by molar-refractivity contribution is 5.26. The fraction of sp³-hybridized carbons (Fsp3) is 0.200. The number of hydrogen-bond donors (Lipinski definition) is 2. The van der Waals surface area contributed by atoms with Crippen LogP contribution in [0, 0.1) is 0 Å². The molecule has 0 amide bonds. The van der Waals surface area contributed by atoms with E-state index in [2.05, 4.69) is 9.78 Å². The van der Waals surface area contributed by atoms with E-state index in [4.69, 9.17) is 9.78 Å². The fourth-order valence-electron chi connectivity index (χ4n) is 2.38. The van der Waals surface area contributed by atoms with Crippen molar-refractivity contribution in [3.05, 3.63) is 71.8 Å². The predicted octanol–water partition coefficient (Wildman–Crippen LogP) is 3.02. The molecule has 2 aromatic rings. The maximum absolute atomic E-state index is 9.30. The Balaban J connectivity index is 1.99. The fourth-order valence-corrected chi connectivity index (χ4v) is 2.38. The molecule has 21 heavy (non-hydrogen) atoms. The summed E-state index contributed by atoms with van der Waals surface area (Å²) in [5.74, 6) is -3.17. The van der Waals surface area contributed by atoms with Gasteiger partial charge in [0.15, 0.2) is 0 Å². The first-order valence-corrected chi connectivity index (χ1v) is 6.38. The van der Waals surface area contributed by atoms with Gasteiger partial charge in [-0.3, -0.25) is 0 Å². The van der Waals surface area contributed by atoms with Crippen LogP contribution in [0.25, 0.3) is 0 Å². The molecule has 2 unspecified atom stereocenters. The number of hydrogen-bond acceptors (Lipinski definition) is 6. The van der Waals surface area contributed by atoms with E-state index >= 15 is 0 Å². The average molecular weight is 290 g/mol. The Hall–Kier alpha value is -1.80. The van der Waals surface area contributed by atoms with E-state index in [-0.39, 0.29) is 6.42 Å². The summed E-state index contributed by atoms with van der Waals surface area (Å²) in [7, 11) is 0. The number of benzene rings is 2. The van der Waals surface area contributed by atoms with E-state index in [1.54, 1.807) is 48.5 Å². The molecule has 0 radical (unpaired) electrons. The summed E-state index contributed by atoms with van der Waals surface area (Å²) in [4.78, 5) is 19.4. The van der Waals surface area contributed by atoms with Crippen LogP contribution >= 0.6 is 0 Å². The van der Waals surface area contributed by atoms with Crippen LogP contribution in [0.2, 0.25) is 0 Å². The molecule has 0 aromatic heterocycles. The van der Waals surface area contributed by atoms with Crippen LogP contribution in [-0.4, -0.2) is 10.5 Å². The zero-order valence-electron chi connectivity index (χ0n) is 11.0. The van der Waals surface area contributed by atoms with Crippen molar-refractivity contribution in [2.24, 2.45) is 0 Å². The first-order valence-electron chi connectivity index (χ1n) is 6.38. The highest BCUT2D eigenvalue weighted by Crippen LogP contribution is 2.48. The molecular weight excluding hydrogens is 276 g/mol. The van der Waals surface area contributed by atoms with Gasteiger partial charge in [-0.05, 0) is 0 Å². The smallest absolute Gasteiger partial charge is 0.248 e. The molecule has 1 fully saturated rings. The van der Waals surface area contributed by atoms with E-state index in [1.165, 1.54) is 0 Å². The highest BCUT2D eigenvalue weighted by atomic mass is 17.3. The van der Waals surface area contributed by atoms with Crippen LogP contribution in [0.15, 0.2) is 60.7 Å². The third-order valence-corrected chi connectivity index (χ3v) is 3.50. The molecular formula is C15H14O6. The van der Waals surface area contributed by atoms with Crippen molar-refractivity contribution >= 4 is 0 Å². The van der Waals surface area contributed by atoms with Crippen molar-refractivity contribution in [1.82, 2.24) is 0 Å². The van der Waals surface area contributed by atoms with Gasteiger partial charge < -0.3 is 0 Å². The van der Waals surface area contributed by atoms with Gasteiger partial charge in [0.05, 0.1) is 6.42 Å². The molecule has 110 valence electrons. The van der Waals surface area contributed by atoms with Gasteiger partial charge in [0.25, 0.3) is 11.6 Å². The Morgan fingerprint density at radius 3 is 1.43 bits per heavy atom. The van der Waals surface area contributed by atoms with Crippen LogP contribution in [0.1, 0.15) is 17.5 Å². The monoisotopic (exact) mass is 290 g/mol. The van der Waals surface area contributed by atoms with Crippen molar-refractivity contribution in [3.63, 3.8) is 0 Å². The molecule has 0 bridgehead atoms. The van der Waals surface area contributed by atoms with Crippen molar-refractivity contribution in [2.45, 2.75) is 18.0 Å². The standard InChI is InChI=1S/C15H14O6/c16-18-14(12-7-3-1-4-8-12)11-15(19-17,21-20-14)13-9-5-2-6-10-13/h1-10,16-17H,11H2. The van der Waals surface area contributed by atoms with Gasteiger partial charge in [-0.15, -0.1) is 0 Å². The molecule has 1 aliphatic rings. The topological polar surface area (TPSA) is 77.4 Å². The van der Waals surface area contributed by atoms with Crippen LogP contribution < -0.4 is 0 Å². The summed E-state index contributed by atoms with van der Waals surface area (Å²) >= 11 is 0. The van der Waals surface area contributed by atoms with Crippen molar-refractivity contribution < 1.29 is 30.1 Å². The van der Waals surface area contributed by atoms with E-state index in [0.29, 0.717) is 11.1 Å². The minimum absolute atomic E-state index is 0.0962. The Labute approximate surface area is 120 Å². The highest BCUT2D eigenvalue weighted by Gasteiger charge is 2.57. The molecule has 2 aromatic carbocycles. The molecule has 6 heteroatoms. The maximum atomic E-state index is 9.30. The maximum Gasteiger partial charge on any atom is 0.264 e. The lowest BCUT2D eigenvalue weighted by Gasteiger charge is -2.24. The zero-order valence-corrected chi connectivity index (χ0v) is 11.0. The molecule has 6 nitrogen and oxygen atoms in total. The van der Waals surface area contributed by atoms with E-state index in [1.807, 2.05) is 12.1 Å². The van der Waals surface area contributed by atoms with E-state index in [9.17, 15) is 10.5 Å². The van der Waals surface area contributed by atoms with Crippen LogP contribution in [0.4, 0.5) is 0 Å². The van der Waals surface area contributed by atoms with Gasteiger partial charge in [0, 0.05) is 11.1 Å². The molecule has 2 N–H and O–H groups in total. The molecule has 3 rings (SSSR count). The SMILES string of the molecule is OOC1(c2ccccc2)CC(OO)(c2ccccc2)OO1. The predicted molar refractivity (Wildman–Crippen MR) is 70.5 cm³/mol. The molecule has 2 atom stereocenters. The molecule has 1 saturated heterocycles. The lowest BCUT2D eigenvalue weighted by molar-refractivity contribution is -0.518. The normalized spacial score (nSPS) is 28.7. The molecule has 0 aliphatic carbocycles. The van der Waals surface area contributed by atoms with E-state index < -0.39 is 11.6 Å². The minimum atomic E-state index is -1.58. The summed E-state index contributed by atoms with van der Waals surface area (Å²) in [5.41, 5.74) is 1.06. The number of rotatable bonds is 4. The largest absolute Gasteiger partial charge is 0.264 e. The lowest BCUT2D eigenvalue weighted by Crippen LogP contribution is -2.32. The summed E-state index contributed by atoms with van der Waals surface area (Å²) in [6, 6.07) is 17.5. The first-order chi connectivity index (χ1) is 10.2. The van der Waals surface area contributed by atoms with Gasteiger partial charge in [0.1, 0.15) is 0 Å². The van der Waals surface area contributed by atoms with E-state index in [0.717, 1.165) is 0 Å². The summed E-state index contributed by atoms with van der Waals surface area (Å²) in [6.45, 7) is 0. The minimum Gasteiger partial charge on any atom is -0.248 e. The second-order valence-electron chi connectivity index (χ2n) is 4.76. The molecule has 0 saturated carbocycles. The molecule has 0 spiro atoms. The molecule has 1 aliphatic heterocycles. The Morgan fingerprint density at radius 1 is 0.714 bits per heavy atom. The van der Waals surface area contributed by atoms with Crippen LogP contribution in [0.5, 0.6) is 0 Å². The zero-order chi connectivity index (χ0) is 14.8. The van der Waals surface area contributed by atoms with Crippen LogP contribution in [0.3, 0.4) is 0 Å². The van der Waals surface area contributed by atoms with Gasteiger partial charge in [-0.25, -0.2) is 10.5 Å². The van der Waals surface area contributed by atoms with Gasteiger partial charge in [-0.2, -0.15) is 19.6 Å². The average Bonchev–Trinajstić information content (AvgIpc) is 2.98. The Bertz CT molecular complexity index is 536. The first kappa shape index (κ1) is 14.2. The van der Waals surface area contributed by atoms with Gasteiger partial charge in [0.2, 0.25) is 0 Å². The Morgan fingerprint density at radius 2 is 1.10 bits per heavy atom. The van der Waals surface area contributed by atoms with Gasteiger partial charge in [-0.1, -0.05) is 60.7 Å². The quantitative estimate of drug-likeness (QED) is 0.665. The van der Waals surface area contributed by atoms with Gasteiger partial charge >= 0.3 is 0 Å². The second kappa shape index (κ2) is 5.53. The van der Waals surface area contributed by atoms with Crippen molar-refractivity contribution in [1.29, 1.82) is 0 Å². The van der Waals surface area contributed by atoms with Crippen LogP contribution in [-0.2, 0) is 31.1 Å². The van der Waals surface area contributed by atoms with Crippen molar-refractivity contribution in [2.75, 3.05) is 0 Å². The summed E-state index contributed by atoms with van der Waals surface area (Å²) in [5, 5.41) is 18.6. The third kappa shape index (κ3) is 2.34. The third-order valence-electron chi connectivity index (χ3n) is 3.50.